The van der Waals surface area contributed by atoms with E-state index in [9.17, 15) is 18.0 Å². The van der Waals surface area contributed by atoms with Crippen LogP contribution in [-0.4, -0.2) is 51.4 Å². The second-order valence-electron chi connectivity index (χ2n) is 8.96. The topological polar surface area (TPSA) is 96.0 Å². The van der Waals surface area contributed by atoms with Gasteiger partial charge in [0.15, 0.2) is 0 Å². The fourth-order valence-corrected chi connectivity index (χ4v) is 6.07. The number of para-hydroxylation sites is 1. The van der Waals surface area contributed by atoms with Gasteiger partial charge in [-0.1, -0.05) is 61.3 Å². The van der Waals surface area contributed by atoms with Gasteiger partial charge in [0, 0.05) is 28.7 Å². The minimum atomic E-state index is -4.19. The van der Waals surface area contributed by atoms with Crippen molar-refractivity contribution in [1.82, 2.24) is 10.2 Å². The number of methoxy groups -OCH3 is 1. The van der Waals surface area contributed by atoms with Crippen molar-refractivity contribution in [2.75, 3.05) is 24.5 Å². The highest BCUT2D eigenvalue weighted by atomic mass is 35.5. The predicted octanol–water partition coefficient (Wildman–Crippen LogP) is 5.53. The van der Waals surface area contributed by atoms with E-state index in [1.165, 1.54) is 36.3 Å². The van der Waals surface area contributed by atoms with Gasteiger partial charge in [0.05, 0.1) is 17.7 Å². The van der Waals surface area contributed by atoms with Crippen LogP contribution in [0.3, 0.4) is 0 Å². The van der Waals surface area contributed by atoms with Gasteiger partial charge < -0.3 is 15.0 Å². The molecule has 11 heteroatoms. The Morgan fingerprint density at radius 1 is 0.925 bits per heavy atom. The monoisotopic (exact) mass is 605 g/mol. The third-order valence-corrected chi connectivity index (χ3v) is 8.79. The third kappa shape index (κ3) is 7.47. The van der Waals surface area contributed by atoms with Crippen LogP contribution in [0, 0.1) is 0 Å². The number of hydrogen-bond acceptors (Lipinski definition) is 5. The van der Waals surface area contributed by atoms with Crippen LogP contribution >= 0.6 is 23.2 Å². The Labute approximate surface area is 245 Å². The van der Waals surface area contributed by atoms with Gasteiger partial charge in [0.2, 0.25) is 11.8 Å². The van der Waals surface area contributed by atoms with Gasteiger partial charge >= 0.3 is 0 Å². The predicted molar refractivity (Wildman–Crippen MR) is 158 cm³/mol. The highest BCUT2D eigenvalue weighted by molar-refractivity contribution is 7.92. The Morgan fingerprint density at radius 3 is 2.10 bits per heavy atom. The fourth-order valence-electron chi connectivity index (χ4n) is 4.14. The summed E-state index contributed by atoms with van der Waals surface area (Å²) in [5, 5.41) is 3.51. The molecule has 3 aromatic rings. The number of amides is 2. The molecule has 0 spiro atoms. The van der Waals surface area contributed by atoms with E-state index in [1.807, 2.05) is 6.92 Å². The summed E-state index contributed by atoms with van der Waals surface area (Å²) in [6, 6.07) is 18.3. The minimum Gasteiger partial charge on any atom is -0.497 e. The highest BCUT2D eigenvalue weighted by Crippen LogP contribution is 2.29. The Morgan fingerprint density at radius 2 is 1.55 bits per heavy atom. The number of nitrogens with one attached hydrogen (secondary N) is 1. The molecular formula is C29H33Cl2N3O5S. The summed E-state index contributed by atoms with van der Waals surface area (Å²) in [5.74, 6) is -0.437. The molecule has 1 atom stereocenters. The largest absolute Gasteiger partial charge is 0.497 e. The van der Waals surface area contributed by atoms with Crippen LogP contribution in [0.2, 0.25) is 10.0 Å². The number of nitrogens with zero attached hydrogens (tertiary/aromatic N) is 2. The van der Waals surface area contributed by atoms with E-state index < -0.39 is 28.5 Å². The van der Waals surface area contributed by atoms with Gasteiger partial charge in [0.25, 0.3) is 10.0 Å². The zero-order chi connectivity index (χ0) is 29.3. The Balaban J connectivity index is 2.06. The molecule has 0 heterocycles. The van der Waals surface area contributed by atoms with Crippen molar-refractivity contribution in [2.24, 2.45) is 0 Å². The summed E-state index contributed by atoms with van der Waals surface area (Å²) in [5.41, 5.74) is 0.760. The molecule has 0 aromatic heterocycles. The van der Waals surface area contributed by atoms with Gasteiger partial charge in [-0.15, -0.1) is 0 Å². The third-order valence-electron chi connectivity index (χ3n) is 6.30. The quantitative estimate of drug-likeness (QED) is 0.276. The molecule has 40 heavy (non-hydrogen) atoms. The number of ether oxygens (including phenoxy) is 1. The van der Waals surface area contributed by atoms with Crippen molar-refractivity contribution in [3.8, 4) is 5.75 Å². The van der Waals surface area contributed by atoms with E-state index in [1.54, 1.807) is 55.5 Å². The number of rotatable bonds is 13. The lowest BCUT2D eigenvalue weighted by Gasteiger charge is -2.33. The molecule has 214 valence electrons. The first-order valence-corrected chi connectivity index (χ1v) is 15.1. The first-order chi connectivity index (χ1) is 19.1. The molecule has 0 saturated carbocycles. The lowest BCUT2D eigenvalue weighted by Crippen LogP contribution is -2.52. The molecular weight excluding hydrogens is 573 g/mol. The number of benzene rings is 3. The first-order valence-electron chi connectivity index (χ1n) is 12.9. The maximum Gasteiger partial charge on any atom is 0.264 e. The van der Waals surface area contributed by atoms with Crippen LogP contribution in [0.25, 0.3) is 0 Å². The van der Waals surface area contributed by atoms with E-state index in [4.69, 9.17) is 27.9 Å². The normalized spacial score (nSPS) is 11.9. The average Bonchev–Trinajstić information content (AvgIpc) is 2.96. The molecule has 0 aliphatic rings. The summed E-state index contributed by atoms with van der Waals surface area (Å²) in [6.45, 7) is 3.51. The average molecular weight is 607 g/mol. The van der Waals surface area contributed by atoms with E-state index in [2.05, 4.69) is 5.32 Å². The molecule has 0 radical (unpaired) electrons. The molecule has 0 aliphatic heterocycles. The van der Waals surface area contributed by atoms with Gasteiger partial charge in [-0.25, -0.2) is 8.42 Å². The molecule has 1 N–H and O–H groups in total. The SMILES string of the molecule is CCCNC(=O)[C@H](CC)N(Cc1c(Cl)cccc1Cl)C(=O)CN(c1ccccc1)S(=O)(=O)c1ccc(OC)cc1. The second kappa shape index (κ2) is 14.4. The van der Waals surface area contributed by atoms with Crippen LogP contribution in [0.5, 0.6) is 5.75 Å². The van der Waals surface area contributed by atoms with Crippen molar-refractivity contribution in [3.63, 3.8) is 0 Å². The Bertz CT molecular complexity index is 1380. The molecule has 2 amide bonds. The molecule has 0 aliphatic carbocycles. The standard InChI is InChI=1S/C29H33Cl2N3O5S/c1-4-18-32-29(36)27(5-2)33(19-24-25(30)12-9-13-26(24)31)28(35)20-34(21-10-7-6-8-11-21)40(37,38)23-16-14-22(39-3)15-17-23/h6-17,27H,4-5,18-20H2,1-3H3,(H,32,36)/t27-/m0/s1. The molecule has 0 unspecified atom stereocenters. The summed E-state index contributed by atoms with van der Waals surface area (Å²) in [6.07, 6.45) is 1.01. The lowest BCUT2D eigenvalue weighted by atomic mass is 10.1. The molecule has 3 rings (SSSR count). The first kappa shape index (κ1) is 31.3. The minimum absolute atomic E-state index is 0.0154. The van der Waals surface area contributed by atoms with Crippen molar-refractivity contribution in [1.29, 1.82) is 0 Å². The maximum absolute atomic E-state index is 14.0. The van der Waals surface area contributed by atoms with Crippen molar-refractivity contribution >= 4 is 50.7 Å². The summed E-state index contributed by atoms with van der Waals surface area (Å²) in [4.78, 5) is 28.5. The number of hydrogen-bond donors (Lipinski definition) is 1. The van der Waals surface area contributed by atoms with E-state index in [-0.39, 0.29) is 17.3 Å². The summed E-state index contributed by atoms with van der Waals surface area (Å²) >= 11 is 12.9. The van der Waals surface area contributed by atoms with Crippen molar-refractivity contribution < 1.29 is 22.7 Å². The number of anilines is 1. The van der Waals surface area contributed by atoms with Crippen LogP contribution in [-0.2, 0) is 26.2 Å². The van der Waals surface area contributed by atoms with Gasteiger partial charge in [-0.2, -0.15) is 0 Å². The van der Waals surface area contributed by atoms with Crippen molar-refractivity contribution in [2.45, 2.75) is 44.2 Å². The zero-order valence-electron chi connectivity index (χ0n) is 22.6. The second-order valence-corrected chi connectivity index (χ2v) is 11.6. The molecule has 8 nitrogen and oxygen atoms in total. The molecule has 3 aromatic carbocycles. The summed E-state index contributed by atoms with van der Waals surface area (Å²) < 4.78 is 33.9. The molecule has 0 saturated heterocycles. The van der Waals surface area contributed by atoms with Crippen LogP contribution in [0.15, 0.2) is 77.7 Å². The van der Waals surface area contributed by atoms with Crippen LogP contribution < -0.4 is 14.4 Å². The number of sulfonamides is 1. The zero-order valence-corrected chi connectivity index (χ0v) is 25.0. The number of halogens is 2. The van der Waals surface area contributed by atoms with Gasteiger partial charge in [-0.3, -0.25) is 13.9 Å². The van der Waals surface area contributed by atoms with E-state index in [0.29, 0.717) is 46.4 Å². The van der Waals surface area contributed by atoms with E-state index in [0.717, 1.165) is 4.31 Å². The van der Waals surface area contributed by atoms with Gasteiger partial charge in [-0.05, 0) is 61.4 Å². The molecule has 0 fully saturated rings. The smallest absolute Gasteiger partial charge is 0.264 e. The molecule has 0 bridgehead atoms. The fraction of sp³-hybridized carbons (Fsp3) is 0.310. The number of carbonyl (C=O) groups excluding carboxylic acids is 2. The Hall–Kier alpha value is -3.27. The van der Waals surface area contributed by atoms with E-state index >= 15 is 0 Å². The summed E-state index contributed by atoms with van der Waals surface area (Å²) in [7, 11) is -2.70. The van der Waals surface area contributed by atoms with Gasteiger partial charge in [0.1, 0.15) is 18.3 Å². The van der Waals surface area contributed by atoms with Crippen molar-refractivity contribution in [3.05, 3.63) is 88.4 Å². The van der Waals surface area contributed by atoms with Crippen LogP contribution in [0.1, 0.15) is 32.3 Å². The maximum atomic E-state index is 14.0. The lowest BCUT2D eigenvalue weighted by molar-refractivity contribution is -0.140. The van der Waals surface area contributed by atoms with Crippen LogP contribution in [0.4, 0.5) is 5.69 Å². The Kier molecular flexibility index (Phi) is 11.2. The highest BCUT2D eigenvalue weighted by Gasteiger charge is 2.34. The number of carbonyl (C=O) groups is 2.